The highest BCUT2D eigenvalue weighted by molar-refractivity contribution is 5.84. The molecule has 0 spiro atoms. The van der Waals surface area contributed by atoms with Crippen molar-refractivity contribution in [1.82, 2.24) is 15.2 Å². The minimum absolute atomic E-state index is 0.209. The Hall–Kier alpha value is -2.34. The van der Waals surface area contributed by atoms with Crippen molar-refractivity contribution >= 4 is 17.0 Å². The lowest BCUT2D eigenvalue weighted by Gasteiger charge is -2.29. The summed E-state index contributed by atoms with van der Waals surface area (Å²) in [5.41, 5.74) is 1.87. The summed E-state index contributed by atoms with van der Waals surface area (Å²) < 4.78 is 11.0. The van der Waals surface area contributed by atoms with E-state index in [2.05, 4.69) is 10.3 Å². The van der Waals surface area contributed by atoms with Crippen molar-refractivity contribution < 1.29 is 14.3 Å². The Morgan fingerprint density at radius 2 is 2.12 bits per heavy atom. The van der Waals surface area contributed by atoms with Gasteiger partial charge in [-0.05, 0) is 50.2 Å². The molecule has 1 aromatic carbocycles. The third-order valence-electron chi connectivity index (χ3n) is 4.92. The summed E-state index contributed by atoms with van der Waals surface area (Å²) in [4.78, 5) is 18.6. The fourth-order valence-electron chi connectivity index (χ4n) is 3.61. The molecule has 6 nitrogen and oxygen atoms in total. The van der Waals surface area contributed by atoms with E-state index in [1.807, 2.05) is 29.2 Å². The molecule has 0 aliphatic carbocycles. The second kappa shape index (κ2) is 6.28. The number of fused-ring (bicyclic) bond motifs is 1. The zero-order valence-electron chi connectivity index (χ0n) is 13.7. The number of pyridine rings is 1. The molecule has 2 aromatic rings. The summed E-state index contributed by atoms with van der Waals surface area (Å²) in [6.45, 7) is 2.50. The second-order valence-corrected chi connectivity index (χ2v) is 6.29. The summed E-state index contributed by atoms with van der Waals surface area (Å²) in [7, 11) is 1.64. The molecule has 4 rings (SSSR count). The maximum absolute atomic E-state index is 12.4. The summed E-state index contributed by atoms with van der Waals surface area (Å²) in [5.74, 6) is 0.774. The molecule has 6 heteroatoms. The van der Waals surface area contributed by atoms with Gasteiger partial charge in [0.15, 0.2) is 0 Å². The summed E-state index contributed by atoms with van der Waals surface area (Å²) >= 11 is 0. The van der Waals surface area contributed by atoms with Crippen LogP contribution < -0.4 is 10.1 Å². The van der Waals surface area contributed by atoms with Crippen LogP contribution in [0.5, 0.6) is 5.75 Å². The van der Waals surface area contributed by atoms with Gasteiger partial charge in [-0.3, -0.25) is 4.98 Å². The molecule has 2 aliphatic heterocycles. The Morgan fingerprint density at radius 3 is 2.92 bits per heavy atom. The zero-order chi connectivity index (χ0) is 16.5. The largest absolute Gasteiger partial charge is 0.497 e. The van der Waals surface area contributed by atoms with Gasteiger partial charge < -0.3 is 19.7 Å². The van der Waals surface area contributed by atoms with Crippen LogP contribution in [0.25, 0.3) is 10.9 Å². The lowest BCUT2D eigenvalue weighted by atomic mass is 10.0. The van der Waals surface area contributed by atoms with Crippen LogP contribution in [0, 0.1) is 0 Å². The van der Waals surface area contributed by atoms with Crippen molar-refractivity contribution in [2.75, 3.05) is 26.7 Å². The van der Waals surface area contributed by atoms with Gasteiger partial charge in [-0.15, -0.1) is 0 Å². The fraction of sp³-hybridized carbons (Fsp3) is 0.444. The number of carbonyl (C=O) groups is 1. The molecule has 0 bridgehead atoms. The van der Waals surface area contributed by atoms with Crippen molar-refractivity contribution in [3.8, 4) is 5.75 Å². The number of hydrogen-bond acceptors (Lipinski definition) is 5. The molecular weight excluding hydrogens is 306 g/mol. The van der Waals surface area contributed by atoms with Crippen LogP contribution in [-0.2, 0) is 4.74 Å². The predicted octanol–water partition coefficient (Wildman–Crippen LogP) is 2.49. The quantitative estimate of drug-likeness (QED) is 0.938. The predicted molar refractivity (Wildman–Crippen MR) is 90.1 cm³/mol. The fourth-order valence-corrected chi connectivity index (χ4v) is 3.61. The first-order chi connectivity index (χ1) is 11.8. The number of nitrogens with one attached hydrogen (secondary N) is 1. The number of methoxy groups -OCH3 is 1. The molecule has 0 radical (unpaired) electrons. The van der Waals surface area contributed by atoms with E-state index in [1.54, 1.807) is 13.3 Å². The van der Waals surface area contributed by atoms with E-state index in [4.69, 9.17) is 9.47 Å². The lowest BCUT2D eigenvalue weighted by Crippen LogP contribution is -2.43. The van der Waals surface area contributed by atoms with E-state index in [0.29, 0.717) is 6.54 Å². The maximum Gasteiger partial charge on any atom is 0.410 e. The number of nitrogens with zero attached hydrogens (tertiary/aromatic N) is 2. The number of ether oxygens (including phenoxy) is 2. The molecule has 1 atom stereocenters. The van der Waals surface area contributed by atoms with E-state index in [9.17, 15) is 4.79 Å². The van der Waals surface area contributed by atoms with Gasteiger partial charge >= 0.3 is 6.09 Å². The highest BCUT2D eigenvalue weighted by Gasteiger charge is 2.37. The molecule has 0 unspecified atom stereocenters. The normalized spacial score (nSPS) is 22.0. The van der Waals surface area contributed by atoms with E-state index in [-0.39, 0.29) is 18.2 Å². The van der Waals surface area contributed by atoms with Crippen LogP contribution in [0.2, 0.25) is 0 Å². The Balaban J connectivity index is 1.64. The Bertz CT molecular complexity index is 758. The Morgan fingerprint density at radius 1 is 1.29 bits per heavy atom. The number of hydrogen-bond donors (Lipinski definition) is 1. The minimum atomic E-state index is -0.259. The summed E-state index contributed by atoms with van der Waals surface area (Å²) in [6.07, 6.45) is 3.26. The van der Waals surface area contributed by atoms with Crippen molar-refractivity contribution in [3.63, 3.8) is 0 Å². The first-order valence-electron chi connectivity index (χ1n) is 8.37. The smallest absolute Gasteiger partial charge is 0.410 e. The van der Waals surface area contributed by atoms with Crippen LogP contribution in [0.1, 0.15) is 24.5 Å². The van der Waals surface area contributed by atoms with Crippen LogP contribution in [-0.4, -0.2) is 48.8 Å². The third-order valence-corrected chi connectivity index (χ3v) is 4.92. The first kappa shape index (κ1) is 15.2. The van der Waals surface area contributed by atoms with Gasteiger partial charge in [0, 0.05) is 23.2 Å². The second-order valence-electron chi connectivity index (χ2n) is 6.29. The van der Waals surface area contributed by atoms with Crippen LogP contribution in [0.15, 0.2) is 30.5 Å². The number of carbonyl (C=O) groups excluding carboxylic acids is 1. The van der Waals surface area contributed by atoms with Gasteiger partial charge in [-0.1, -0.05) is 0 Å². The first-order valence-corrected chi connectivity index (χ1v) is 8.37. The molecule has 1 aromatic heterocycles. The average molecular weight is 327 g/mol. The Kier molecular flexibility index (Phi) is 3.98. The molecule has 2 saturated heterocycles. The monoisotopic (exact) mass is 327 g/mol. The third kappa shape index (κ3) is 2.67. The standard InChI is InChI=1S/C18H21N3O3/c1-23-13-2-3-16-15(10-13)14(6-9-20-16)17-11-21(18(22)24-17)12-4-7-19-8-5-12/h2-3,6,9-10,12,17,19H,4-5,7-8,11H2,1H3/t17-/m1/s1. The SMILES string of the molecule is COc1ccc2nccc([C@H]3CN(C4CCNCC4)C(=O)O3)c2c1. The average Bonchev–Trinajstić information content (AvgIpc) is 3.03. The van der Waals surface area contributed by atoms with E-state index in [1.165, 1.54) is 0 Å². The lowest BCUT2D eigenvalue weighted by molar-refractivity contribution is 0.125. The van der Waals surface area contributed by atoms with Gasteiger partial charge in [-0.2, -0.15) is 0 Å². The summed E-state index contributed by atoms with van der Waals surface area (Å²) in [5, 5.41) is 4.31. The number of cyclic esters (lactones) is 1. The maximum atomic E-state index is 12.4. The van der Waals surface area contributed by atoms with Crippen molar-refractivity contribution in [2.24, 2.45) is 0 Å². The topological polar surface area (TPSA) is 63.7 Å². The van der Waals surface area contributed by atoms with Crippen LogP contribution in [0.4, 0.5) is 4.79 Å². The van der Waals surface area contributed by atoms with Crippen LogP contribution >= 0.6 is 0 Å². The number of aromatic nitrogens is 1. The molecule has 1 N–H and O–H groups in total. The van der Waals surface area contributed by atoms with Gasteiger partial charge in [-0.25, -0.2) is 4.79 Å². The van der Waals surface area contributed by atoms with Crippen molar-refractivity contribution in [3.05, 3.63) is 36.0 Å². The zero-order valence-corrected chi connectivity index (χ0v) is 13.7. The number of rotatable bonds is 3. The molecular formula is C18H21N3O3. The summed E-state index contributed by atoms with van der Waals surface area (Å²) in [6, 6.07) is 7.98. The molecule has 2 fully saturated rings. The van der Waals surface area contributed by atoms with E-state index < -0.39 is 0 Å². The van der Waals surface area contributed by atoms with Crippen molar-refractivity contribution in [2.45, 2.75) is 25.0 Å². The highest BCUT2D eigenvalue weighted by atomic mass is 16.6. The van der Waals surface area contributed by atoms with E-state index >= 15 is 0 Å². The molecule has 0 saturated carbocycles. The number of amides is 1. The Labute approximate surface area is 140 Å². The van der Waals surface area contributed by atoms with Gasteiger partial charge in [0.25, 0.3) is 0 Å². The van der Waals surface area contributed by atoms with Crippen molar-refractivity contribution in [1.29, 1.82) is 0 Å². The molecule has 2 aliphatic rings. The van der Waals surface area contributed by atoms with Gasteiger partial charge in [0.2, 0.25) is 0 Å². The molecule has 24 heavy (non-hydrogen) atoms. The van der Waals surface area contributed by atoms with Gasteiger partial charge in [0.1, 0.15) is 11.9 Å². The van der Waals surface area contributed by atoms with Gasteiger partial charge in [0.05, 0.1) is 19.2 Å². The number of benzene rings is 1. The molecule has 3 heterocycles. The molecule has 1 amide bonds. The highest BCUT2D eigenvalue weighted by Crippen LogP contribution is 2.34. The molecule has 126 valence electrons. The van der Waals surface area contributed by atoms with Crippen LogP contribution in [0.3, 0.4) is 0 Å². The number of piperidine rings is 1. The minimum Gasteiger partial charge on any atom is -0.497 e. The van der Waals surface area contributed by atoms with E-state index in [0.717, 1.165) is 48.1 Å².